The van der Waals surface area contributed by atoms with E-state index in [2.05, 4.69) is 15.5 Å². The summed E-state index contributed by atoms with van der Waals surface area (Å²) in [5.74, 6) is 1.02. The number of halogens is 1. The fourth-order valence-electron chi connectivity index (χ4n) is 3.31. The number of anilines is 1. The predicted octanol–water partition coefficient (Wildman–Crippen LogP) is 5.50. The molecule has 0 aliphatic carbocycles. The van der Waals surface area contributed by atoms with E-state index in [1.165, 1.54) is 0 Å². The number of thiophene rings is 1. The van der Waals surface area contributed by atoms with E-state index in [4.69, 9.17) is 21.4 Å². The highest BCUT2D eigenvalue weighted by Gasteiger charge is 2.12. The molecule has 2 aromatic carbocycles. The molecule has 7 nitrogen and oxygen atoms in total. The van der Waals surface area contributed by atoms with Crippen molar-refractivity contribution in [2.45, 2.75) is 6.92 Å². The topological polar surface area (TPSA) is 81.4 Å². The molecule has 5 rings (SSSR count). The van der Waals surface area contributed by atoms with Gasteiger partial charge < -0.3 is 10.1 Å². The summed E-state index contributed by atoms with van der Waals surface area (Å²) in [5.41, 5.74) is 3.81. The van der Waals surface area contributed by atoms with Crippen LogP contribution in [0.2, 0.25) is 5.02 Å². The molecule has 33 heavy (non-hydrogen) atoms. The van der Waals surface area contributed by atoms with Crippen LogP contribution in [0.25, 0.3) is 27.6 Å². The highest BCUT2D eigenvalue weighted by atomic mass is 35.5. The van der Waals surface area contributed by atoms with Gasteiger partial charge in [-0.1, -0.05) is 29.8 Å². The molecule has 0 bridgehead atoms. The molecule has 0 unspecified atom stereocenters. The molecule has 3 aromatic heterocycles. The molecule has 0 aliphatic heterocycles. The molecule has 0 spiro atoms. The number of benzene rings is 2. The summed E-state index contributed by atoms with van der Waals surface area (Å²) in [7, 11) is 0. The van der Waals surface area contributed by atoms with E-state index in [0.717, 1.165) is 21.7 Å². The summed E-state index contributed by atoms with van der Waals surface area (Å²) in [6.45, 7) is 1.77. The first kappa shape index (κ1) is 21.1. The van der Waals surface area contributed by atoms with Crippen molar-refractivity contribution >= 4 is 40.2 Å². The van der Waals surface area contributed by atoms with Gasteiger partial charge >= 0.3 is 0 Å². The number of aromatic nitrogens is 4. The van der Waals surface area contributed by atoms with E-state index in [0.29, 0.717) is 27.9 Å². The zero-order chi connectivity index (χ0) is 22.8. The lowest BCUT2D eigenvalue weighted by Crippen LogP contribution is -2.20. The third kappa shape index (κ3) is 4.57. The molecular formula is C24H18ClN5O2S. The second-order valence-electron chi connectivity index (χ2n) is 7.32. The Bertz CT molecular complexity index is 1450. The van der Waals surface area contributed by atoms with E-state index < -0.39 is 0 Å². The summed E-state index contributed by atoms with van der Waals surface area (Å²) in [5, 5.41) is 18.7. The molecule has 0 radical (unpaired) electrons. The Kier molecular flexibility index (Phi) is 5.77. The van der Waals surface area contributed by atoms with Gasteiger partial charge in [-0.25, -0.2) is 0 Å². The average Bonchev–Trinajstić information content (AvgIpc) is 3.49. The number of amides is 1. The number of carbonyl (C=O) groups excluding carboxylic acids is 1. The van der Waals surface area contributed by atoms with Crippen molar-refractivity contribution in [3.05, 3.63) is 82.7 Å². The number of nitrogens with zero attached hydrogens (tertiary/aromatic N) is 4. The minimum absolute atomic E-state index is 0.111. The Morgan fingerprint density at radius 1 is 1.09 bits per heavy atom. The lowest BCUT2D eigenvalue weighted by molar-refractivity contribution is -0.118. The maximum atomic E-state index is 12.4. The van der Waals surface area contributed by atoms with Gasteiger partial charge in [-0.15, -0.1) is 21.5 Å². The van der Waals surface area contributed by atoms with Gasteiger partial charge in [0, 0.05) is 16.3 Å². The zero-order valence-electron chi connectivity index (χ0n) is 17.5. The molecule has 3 heterocycles. The Morgan fingerprint density at radius 3 is 2.82 bits per heavy atom. The monoisotopic (exact) mass is 475 g/mol. The van der Waals surface area contributed by atoms with Gasteiger partial charge in [0.15, 0.2) is 18.1 Å². The van der Waals surface area contributed by atoms with E-state index in [1.807, 2.05) is 60.8 Å². The standard InChI is InChI=1S/C24H18ClN5O2S/c1-15-12-18(7-8-19(15)25)32-14-23(31)26-17-5-2-4-16(13-17)20-9-10-22-27-28-24(30(22)29-20)21-6-3-11-33-21/h2-13H,14H2,1H3,(H,26,31). The second kappa shape index (κ2) is 9.01. The Morgan fingerprint density at radius 2 is 2.00 bits per heavy atom. The van der Waals surface area contributed by atoms with Crippen molar-refractivity contribution in [1.82, 2.24) is 19.8 Å². The maximum Gasteiger partial charge on any atom is 0.262 e. The number of fused-ring (bicyclic) bond motifs is 1. The van der Waals surface area contributed by atoms with Crippen LogP contribution in [-0.4, -0.2) is 32.3 Å². The van der Waals surface area contributed by atoms with Crippen molar-refractivity contribution in [1.29, 1.82) is 0 Å². The summed E-state index contributed by atoms with van der Waals surface area (Å²) in [4.78, 5) is 13.4. The number of carbonyl (C=O) groups is 1. The molecule has 0 atom stereocenters. The zero-order valence-corrected chi connectivity index (χ0v) is 19.1. The molecule has 0 aliphatic rings. The van der Waals surface area contributed by atoms with Gasteiger partial charge in [0.25, 0.3) is 5.91 Å². The van der Waals surface area contributed by atoms with Crippen LogP contribution in [-0.2, 0) is 4.79 Å². The smallest absolute Gasteiger partial charge is 0.262 e. The van der Waals surface area contributed by atoms with Crippen molar-refractivity contribution < 1.29 is 9.53 Å². The van der Waals surface area contributed by atoms with Crippen LogP contribution in [0.4, 0.5) is 5.69 Å². The third-order valence-electron chi connectivity index (χ3n) is 4.95. The number of nitrogens with one attached hydrogen (secondary N) is 1. The molecule has 164 valence electrons. The molecular weight excluding hydrogens is 458 g/mol. The molecule has 9 heteroatoms. The van der Waals surface area contributed by atoms with Crippen molar-refractivity contribution in [3.63, 3.8) is 0 Å². The number of hydrogen-bond acceptors (Lipinski definition) is 6. The van der Waals surface area contributed by atoms with Crippen molar-refractivity contribution in [2.24, 2.45) is 0 Å². The van der Waals surface area contributed by atoms with Gasteiger partial charge in [-0.3, -0.25) is 4.79 Å². The number of ether oxygens (including phenoxy) is 1. The molecule has 0 fully saturated rings. The van der Waals surface area contributed by atoms with Gasteiger partial charge in [0.2, 0.25) is 0 Å². The van der Waals surface area contributed by atoms with Crippen LogP contribution in [0.5, 0.6) is 5.75 Å². The first-order valence-electron chi connectivity index (χ1n) is 10.1. The Balaban J connectivity index is 1.32. The summed E-state index contributed by atoms with van der Waals surface area (Å²) in [6, 6.07) is 20.5. The highest BCUT2D eigenvalue weighted by molar-refractivity contribution is 7.13. The number of rotatable bonds is 6. The quantitative estimate of drug-likeness (QED) is 0.350. The number of hydrogen-bond donors (Lipinski definition) is 1. The van der Waals surface area contributed by atoms with Gasteiger partial charge in [-0.05, 0) is 66.4 Å². The first-order chi connectivity index (χ1) is 16.1. The molecule has 0 saturated heterocycles. The SMILES string of the molecule is Cc1cc(OCC(=O)Nc2cccc(-c3ccc4nnc(-c5cccs5)n4n3)c2)ccc1Cl. The summed E-state index contributed by atoms with van der Waals surface area (Å²) in [6.07, 6.45) is 0. The molecule has 0 saturated carbocycles. The normalized spacial score (nSPS) is 11.0. The molecule has 5 aromatic rings. The van der Waals surface area contributed by atoms with E-state index in [1.54, 1.807) is 34.1 Å². The van der Waals surface area contributed by atoms with Crippen LogP contribution in [0.3, 0.4) is 0 Å². The largest absolute Gasteiger partial charge is 0.484 e. The van der Waals surface area contributed by atoms with Crippen LogP contribution >= 0.6 is 22.9 Å². The first-order valence-corrected chi connectivity index (χ1v) is 11.4. The lowest BCUT2D eigenvalue weighted by Gasteiger charge is -2.10. The lowest BCUT2D eigenvalue weighted by atomic mass is 10.1. The predicted molar refractivity (Wildman–Crippen MR) is 130 cm³/mol. The third-order valence-corrected chi connectivity index (χ3v) is 6.24. The van der Waals surface area contributed by atoms with Crippen LogP contribution in [0.15, 0.2) is 72.1 Å². The maximum absolute atomic E-state index is 12.4. The molecule has 1 amide bonds. The summed E-state index contributed by atoms with van der Waals surface area (Å²) < 4.78 is 7.31. The van der Waals surface area contributed by atoms with Crippen LogP contribution < -0.4 is 10.1 Å². The van der Waals surface area contributed by atoms with Gasteiger partial charge in [0.1, 0.15) is 5.75 Å². The minimum atomic E-state index is -0.262. The van der Waals surface area contributed by atoms with E-state index in [-0.39, 0.29) is 12.5 Å². The van der Waals surface area contributed by atoms with Crippen molar-refractivity contribution in [2.75, 3.05) is 11.9 Å². The minimum Gasteiger partial charge on any atom is -0.484 e. The second-order valence-corrected chi connectivity index (χ2v) is 8.67. The highest BCUT2D eigenvalue weighted by Crippen LogP contribution is 2.26. The Labute approximate surface area is 198 Å². The molecule has 1 N–H and O–H groups in total. The number of aryl methyl sites for hydroxylation is 1. The average molecular weight is 476 g/mol. The fourth-order valence-corrected chi connectivity index (χ4v) is 4.12. The van der Waals surface area contributed by atoms with Crippen LogP contribution in [0.1, 0.15) is 5.56 Å². The Hall–Kier alpha value is -3.75. The summed E-state index contributed by atoms with van der Waals surface area (Å²) >= 11 is 7.61. The van der Waals surface area contributed by atoms with Gasteiger partial charge in [-0.2, -0.15) is 9.61 Å². The van der Waals surface area contributed by atoms with Gasteiger partial charge in [0.05, 0.1) is 10.6 Å². The van der Waals surface area contributed by atoms with E-state index in [9.17, 15) is 4.79 Å². The van der Waals surface area contributed by atoms with E-state index >= 15 is 0 Å². The van der Waals surface area contributed by atoms with Crippen molar-refractivity contribution in [3.8, 4) is 27.7 Å². The fraction of sp³-hybridized carbons (Fsp3) is 0.0833. The van der Waals surface area contributed by atoms with Crippen LogP contribution in [0, 0.1) is 6.92 Å².